The molecule has 3 aromatic rings. The third-order valence-corrected chi connectivity index (χ3v) is 9.03. The lowest BCUT2D eigenvalue weighted by Gasteiger charge is -2.34. The predicted octanol–water partition coefficient (Wildman–Crippen LogP) is 5.01. The average molecular weight is 707 g/mol. The van der Waals surface area contributed by atoms with E-state index in [1.54, 1.807) is 19.1 Å². The van der Waals surface area contributed by atoms with Crippen molar-refractivity contribution in [1.82, 2.24) is 10.2 Å². The lowest BCUT2D eigenvalue weighted by atomic mass is 10.1. The van der Waals surface area contributed by atoms with Gasteiger partial charge in [-0.1, -0.05) is 28.1 Å². The van der Waals surface area contributed by atoms with Gasteiger partial charge in [0.05, 0.1) is 39.0 Å². The summed E-state index contributed by atoms with van der Waals surface area (Å²) >= 11 is 3.45. The molecule has 0 radical (unpaired) electrons. The fraction of sp³-hybridized carbons (Fsp3) is 0.375. The highest BCUT2D eigenvalue weighted by atomic mass is 79.9. The maximum atomic E-state index is 14.4. The van der Waals surface area contributed by atoms with Crippen molar-refractivity contribution in [1.29, 1.82) is 0 Å². The monoisotopic (exact) mass is 705 g/mol. The molecule has 0 aromatic heterocycles. The number of nitrogens with one attached hydrogen (secondary N) is 1. The van der Waals surface area contributed by atoms with Crippen LogP contribution in [0.3, 0.4) is 0 Å². The summed E-state index contributed by atoms with van der Waals surface area (Å²) in [6.45, 7) is 6.49. The summed E-state index contributed by atoms with van der Waals surface area (Å²) in [6, 6.07) is 15.1. The van der Waals surface area contributed by atoms with Gasteiger partial charge < -0.3 is 29.2 Å². The first-order valence-corrected chi connectivity index (χ1v) is 16.2. The van der Waals surface area contributed by atoms with Gasteiger partial charge in [-0.25, -0.2) is 8.42 Å². The van der Waals surface area contributed by atoms with Gasteiger partial charge in [-0.2, -0.15) is 0 Å². The molecule has 45 heavy (non-hydrogen) atoms. The fourth-order valence-corrected chi connectivity index (χ4v) is 6.38. The minimum Gasteiger partial charge on any atom is -0.497 e. The first kappa shape index (κ1) is 35.5. The predicted molar refractivity (Wildman–Crippen MR) is 176 cm³/mol. The van der Waals surface area contributed by atoms with Crippen molar-refractivity contribution >= 4 is 43.5 Å². The Kier molecular flexibility index (Phi) is 11.7. The van der Waals surface area contributed by atoms with E-state index in [0.717, 1.165) is 14.3 Å². The molecule has 2 amide bonds. The second-order valence-electron chi connectivity index (χ2n) is 11.1. The van der Waals surface area contributed by atoms with Gasteiger partial charge >= 0.3 is 0 Å². The van der Waals surface area contributed by atoms with Crippen LogP contribution in [0.5, 0.6) is 23.0 Å². The molecule has 0 saturated heterocycles. The number of carbonyl (C=O) groups excluding carboxylic acids is 2. The number of nitrogens with zero attached hydrogens (tertiary/aromatic N) is 2. The molecular formula is C32H40BrN3O8S. The first-order chi connectivity index (χ1) is 21.1. The van der Waals surface area contributed by atoms with E-state index in [4.69, 9.17) is 18.9 Å². The maximum absolute atomic E-state index is 14.4. The zero-order valence-corrected chi connectivity index (χ0v) is 29.1. The van der Waals surface area contributed by atoms with Crippen LogP contribution < -0.4 is 28.6 Å². The van der Waals surface area contributed by atoms with Crippen LogP contribution in [0, 0.1) is 0 Å². The quantitative estimate of drug-likeness (QED) is 0.263. The van der Waals surface area contributed by atoms with Gasteiger partial charge in [-0.3, -0.25) is 13.9 Å². The van der Waals surface area contributed by atoms with Crippen LogP contribution in [-0.2, 0) is 26.2 Å². The van der Waals surface area contributed by atoms with Crippen LogP contribution in [0.25, 0.3) is 0 Å². The molecule has 0 unspecified atom stereocenters. The number of hydrogen-bond donors (Lipinski definition) is 1. The number of benzene rings is 3. The van der Waals surface area contributed by atoms with Crippen molar-refractivity contribution in [3.63, 3.8) is 0 Å². The number of amides is 2. The molecule has 1 atom stereocenters. The van der Waals surface area contributed by atoms with E-state index in [-0.39, 0.29) is 34.5 Å². The summed E-state index contributed by atoms with van der Waals surface area (Å²) in [5.41, 5.74) is 0.239. The molecule has 0 bridgehead atoms. The standard InChI is InChI=1S/C32H40BrN3O8S/c1-21(31(38)34-32(2,3)4)35(19-22-10-9-11-23(33)16-22)30(37)20-36(26-17-24(41-5)12-14-27(26)42-6)45(39,40)25-13-15-28(43-7)29(18-25)44-8/h9-18,21H,19-20H2,1-8H3,(H,34,38)/t21-/m1/s1. The van der Waals surface area contributed by atoms with Gasteiger partial charge in [0.25, 0.3) is 10.0 Å². The summed E-state index contributed by atoms with van der Waals surface area (Å²) in [5.74, 6) is 0.0297. The lowest BCUT2D eigenvalue weighted by molar-refractivity contribution is -0.140. The second kappa shape index (κ2) is 14.9. The number of methoxy groups -OCH3 is 4. The molecule has 3 aromatic carbocycles. The molecule has 11 nitrogen and oxygen atoms in total. The molecule has 0 fully saturated rings. The summed E-state index contributed by atoms with van der Waals surface area (Å²) < 4.78 is 52.1. The fourth-order valence-electron chi connectivity index (χ4n) is 4.50. The molecule has 0 aliphatic heterocycles. The Morgan fingerprint density at radius 1 is 0.867 bits per heavy atom. The largest absolute Gasteiger partial charge is 0.497 e. The molecule has 0 saturated carbocycles. The van der Waals surface area contributed by atoms with E-state index < -0.39 is 34.1 Å². The number of halogens is 1. The molecule has 244 valence electrons. The molecule has 0 spiro atoms. The first-order valence-electron chi connectivity index (χ1n) is 14.0. The molecule has 3 rings (SSSR count). The lowest BCUT2D eigenvalue weighted by Crippen LogP contribution is -2.54. The highest BCUT2D eigenvalue weighted by molar-refractivity contribution is 9.10. The normalized spacial score (nSPS) is 12.1. The van der Waals surface area contributed by atoms with Crippen molar-refractivity contribution in [3.8, 4) is 23.0 Å². The van der Waals surface area contributed by atoms with Crippen LogP contribution in [0.15, 0.2) is 70.0 Å². The number of anilines is 1. The van der Waals surface area contributed by atoms with Crippen molar-refractivity contribution in [2.75, 3.05) is 39.3 Å². The van der Waals surface area contributed by atoms with Gasteiger partial charge in [0.1, 0.15) is 24.1 Å². The number of sulfonamides is 1. The average Bonchev–Trinajstić information content (AvgIpc) is 3.00. The summed E-state index contributed by atoms with van der Waals surface area (Å²) in [4.78, 5) is 28.8. The van der Waals surface area contributed by atoms with Crippen molar-refractivity contribution in [3.05, 3.63) is 70.7 Å². The third-order valence-electron chi connectivity index (χ3n) is 6.78. The van der Waals surface area contributed by atoms with E-state index in [0.29, 0.717) is 11.5 Å². The minimum absolute atomic E-state index is 0.0382. The van der Waals surface area contributed by atoms with Gasteiger partial charge in [-0.15, -0.1) is 0 Å². The van der Waals surface area contributed by atoms with Gasteiger partial charge in [-0.05, 0) is 69.7 Å². The Morgan fingerprint density at radius 3 is 2.09 bits per heavy atom. The van der Waals surface area contributed by atoms with E-state index in [9.17, 15) is 18.0 Å². The topological polar surface area (TPSA) is 124 Å². The van der Waals surface area contributed by atoms with Gasteiger partial charge in [0.2, 0.25) is 11.8 Å². The summed E-state index contributed by atoms with van der Waals surface area (Å²) in [6.07, 6.45) is 0. The van der Waals surface area contributed by atoms with Gasteiger partial charge in [0.15, 0.2) is 11.5 Å². The van der Waals surface area contributed by atoms with Crippen molar-refractivity contribution in [2.24, 2.45) is 0 Å². The van der Waals surface area contributed by atoms with Crippen LogP contribution in [-0.4, -0.2) is 71.7 Å². The Morgan fingerprint density at radius 2 is 1.51 bits per heavy atom. The van der Waals surface area contributed by atoms with Crippen LogP contribution in [0.1, 0.15) is 33.3 Å². The van der Waals surface area contributed by atoms with Gasteiger partial charge in [0, 0.05) is 28.7 Å². The number of rotatable bonds is 13. The minimum atomic E-state index is -4.45. The molecular weight excluding hydrogens is 666 g/mol. The highest BCUT2D eigenvalue weighted by Crippen LogP contribution is 2.38. The zero-order chi connectivity index (χ0) is 33.5. The zero-order valence-electron chi connectivity index (χ0n) is 26.7. The van der Waals surface area contributed by atoms with Crippen LogP contribution in [0.4, 0.5) is 5.69 Å². The highest BCUT2D eigenvalue weighted by Gasteiger charge is 2.35. The number of carbonyl (C=O) groups is 2. The van der Waals surface area contributed by atoms with Crippen molar-refractivity contribution in [2.45, 2.75) is 50.7 Å². The van der Waals surface area contributed by atoms with Crippen LogP contribution >= 0.6 is 15.9 Å². The van der Waals surface area contributed by atoms with Crippen molar-refractivity contribution < 1.29 is 37.0 Å². The molecule has 0 aliphatic carbocycles. The van der Waals surface area contributed by atoms with E-state index in [1.165, 1.54) is 57.6 Å². The molecule has 0 aliphatic rings. The van der Waals surface area contributed by atoms with Crippen LogP contribution in [0.2, 0.25) is 0 Å². The Bertz CT molecular complexity index is 1620. The second-order valence-corrected chi connectivity index (χ2v) is 13.9. The van der Waals surface area contributed by atoms with E-state index >= 15 is 0 Å². The SMILES string of the molecule is COc1ccc(OC)c(N(CC(=O)N(Cc2cccc(Br)c2)[C@H](C)C(=O)NC(C)(C)C)S(=O)(=O)c2ccc(OC)c(OC)c2)c1. The number of hydrogen-bond acceptors (Lipinski definition) is 8. The maximum Gasteiger partial charge on any atom is 0.265 e. The summed E-state index contributed by atoms with van der Waals surface area (Å²) in [7, 11) is 1.23. The Hall–Kier alpha value is -3.97. The smallest absolute Gasteiger partial charge is 0.265 e. The summed E-state index contributed by atoms with van der Waals surface area (Å²) in [5, 5.41) is 2.91. The molecule has 13 heteroatoms. The third kappa shape index (κ3) is 8.82. The van der Waals surface area contributed by atoms with E-state index in [1.807, 2.05) is 45.0 Å². The molecule has 0 heterocycles. The molecule has 1 N–H and O–H groups in total. The number of ether oxygens (including phenoxy) is 4. The Balaban J connectivity index is 2.18. The Labute approximate surface area is 273 Å². The van der Waals surface area contributed by atoms with E-state index in [2.05, 4.69) is 21.2 Å².